The molecule has 0 atom stereocenters. The number of carbonyl (C=O) groups excluding carboxylic acids is 1. The first-order chi connectivity index (χ1) is 6.63. The van der Waals surface area contributed by atoms with Crippen molar-refractivity contribution in [2.24, 2.45) is 7.05 Å². The van der Waals surface area contributed by atoms with Gasteiger partial charge in [-0.25, -0.2) is 10.0 Å². The van der Waals surface area contributed by atoms with Crippen LogP contribution in [0.5, 0.6) is 0 Å². The summed E-state index contributed by atoms with van der Waals surface area (Å²) in [7, 11) is 4.85. The van der Waals surface area contributed by atoms with Gasteiger partial charge in [0, 0.05) is 26.4 Å². The Hall–Kier alpha value is -1.62. The number of hydroxylamine groups is 2. The first-order valence-corrected chi connectivity index (χ1v) is 4.11. The van der Waals surface area contributed by atoms with Gasteiger partial charge < -0.3 is 4.57 Å². The van der Waals surface area contributed by atoms with Crippen LogP contribution in [0.2, 0.25) is 0 Å². The predicted molar refractivity (Wildman–Crippen MR) is 52.0 cm³/mol. The molecule has 5 nitrogen and oxygen atoms in total. The lowest BCUT2D eigenvalue weighted by molar-refractivity contribution is -0.162. The SMILES string of the molecule is CON(C)C(=O)/C=C/c1cn(C)cn1. The minimum absolute atomic E-state index is 0.224. The highest BCUT2D eigenvalue weighted by molar-refractivity contribution is 5.90. The minimum Gasteiger partial charge on any atom is -0.340 e. The molecule has 14 heavy (non-hydrogen) atoms. The molecule has 1 rings (SSSR count). The molecule has 0 aliphatic rings. The highest BCUT2D eigenvalue weighted by Crippen LogP contribution is 1.98. The molecule has 0 unspecified atom stereocenters. The summed E-state index contributed by atoms with van der Waals surface area (Å²) < 4.78 is 1.81. The average molecular weight is 195 g/mol. The molecule has 0 aromatic carbocycles. The van der Waals surface area contributed by atoms with E-state index in [1.165, 1.54) is 13.2 Å². The molecule has 1 heterocycles. The van der Waals surface area contributed by atoms with Crippen LogP contribution < -0.4 is 0 Å². The fourth-order valence-electron chi connectivity index (χ4n) is 0.871. The maximum Gasteiger partial charge on any atom is 0.269 e. The Morgan fingerprint density at radius 1 is 1.71 bits per heavy atom. The zero-order chi connectivity index (χ0) is 10.6. The van der Waals surface area contributed by atoms with Crippen LogP contribution in [-0.2, 0) is 16.7 Å². The van der Waals surface area contributed by atoms with E-state index in [0.717, 1.165) is 10.8 Å². The van der Waals surface area contributed by atoms with E-state index in [1.54, 1.807) is 19.5 Å². The third-order valence-electron chi connectivity index (χ3n) is 1.71. The molecule has 1 amide bonds. The number of imidazole rings is 1. The molecule has 0 radical (unpaired) electrons. The first kappa shape index (κ1) is 10.5. The van der Waals surface area contributed by atoms with Crippen molar-refractivity contribution in [1.29, 1.82) is 0 Å². The standard InChI is InChI=1S/C9H13N3O2/c1-11-6-8(10-7-11)4-5-9(13)12(2)14-3/h4-7H,1-3H3/b5-4+. The number of likely N-dealkylation sites (N-methyl/N-ethyl adjacent to an activating group) is 1. The van der Waals surface area contributed by atoms with E-state index in [9.17, 15) is 4.79 Å². The molecule has 76 valence electrons. The van der Waals surface area contributed by atoms with Crippen LogP contribution in [0, 0.1) is 0 Å². The number of aryl methyl sites for hydroxylation is 1. The first-order valence-electron chi connectivity index (χ1n) is 4.11. The Kier molecular flexibility index (Phi) is 3.41. The van der Waals surface area contributed by atoms with Crippen LogP contribution in [0.3, 0.4) is 0 Å². The van der Waals surface area contributed by atoms with Gasteiger partial charge in [0.15, 0.2) is 0 Å². The Labute approximate surface area is 82.6 Å². The number of hydrogen-bond acceptors (Lipinski definition) is 3. The highest BCUT2D eigenvalue weighted by atomic mass is 16.7. The molecule has 0 fully saturated rings. The third-order valence-corrected chi connectivity index (χ3v) is 1.71. The maximum absolute atomic E-state index is 11.2. The van der Waals surface area contributed by atoms with Gasteiger partial charge in [-0.15, -0.1) is 0 Å². The zero-order valence-electron chi connectivity index (χ0n) is 8.47. The van der Waals surface area contributed by atoms with Crippen molar-refractivity contribution >= 4 is 12.0 Å². The van der Waals surface area contributed by atoms with Crippen molar-refractivity contribution in [1.82, 2.24) is 14.6 Å². The molecule has 0 saturated heterocycles. The fraction of sp³-hybridized carbons (Fsp3) is 0.333. The summed E-state index contributed by atoms with van der Waals surface area (Å²) in [5.74, 6) is -0.224. The lowest BCUT2D eigenvalue weighted by atomic mass is 10.4. The van der Waals surface area contributed by atoms with Crippen LogP contribution in [-0.4, -0.2) is 34.7 Å². The van der Waals surface area contributed by atoms with Crippen molar-refractivity contribution in [2.45, 2.75) is 0 Å². The van der Waals surface area contributed by atoms with Crippen molar-refractivity contribution in [3.8, 4) is 0 Å². The minimum atomic E-state index is -0.224. The van der Waals surface area contributed by atoms with Crippen molar-refractivity contribution < 1.29 is 9.63 Å². The molecule has 1 aromatic rings. The number of carbonyl (C=O) groups is 1. The van der Waals surface area contributed by atoms with Gasteiger partial charge in [-0.2, -0.15) is 0 Å². The van der Waals surface area contributed by atoms with Gasteiger partial charge in [-0.3, -0.25) is 9.63 Å². The van der Waals surface area contributed by atoms with E-state index in [0.29, 0.717) is 0 Å². The lowest BCUT2D eigenvalue weighted by Crippen LogP contribution is -2.22. The van der Waals surface area contributed by atoms with Crippen LogP contribution in [0.1, 0.15) is 5.69 Å². The Morgan fingerprint density at radius 3 is 2.93 bits per heavy atom. The Bertz CT molecular complexity index is 344. The zero-order valence-corrected chi connectivity index (χ0v) is 8.47. The van der Waals surface area contributed by atoms with E-state index in [4.69, 9.17) is 4.84 Å². The summed E-state index contributed by atoms with van der Waals surface area (Å²) in [6, 6.07) is 0. The van der Waals surface area contributed by atoms with Crippen molar-refractivity contribution in [3.05, 3.63) is 24.3 Å². The smallest absolute Gasteiger partial charge is 0.269 e. The molecule has 5 heteroatoms. The van der Waals surface area contributed by atoms with Crippen LogP contribution in [0.15, 0.2) is 18.6 Å². The fourth-order valence-corrected chi connectivity index (χ4v) is 0.871. The third kappa shape index (κ3) is 2.70. The maximum atomic E-state index is 11.2. The van der Waals surface area contributed by atoms with E-state index in [1.807, 2.05) is 17.8 Å². The van der Waals surface area contributed by atoms with Gasteiger partial charge in [0.05, 0.1) is 19.1 Å². The predicted octanol–water partition coefficient (Wildman–Crippen LogP) is 0.453. The quantitative estimate of drug-likeness (QED) is 0.519. The summed E-state index contributed by atoms with van der Waals surface area (Å²) in [6.07, 6.45) is 6.53. The molecule has 0 bridgehead atoms. The normalized spacial score (nSPS) is 10.8. The molecule has 0 aliphatic carbocycles. The van der Waals surface area contributed by atoms with Crippen molar-refractivity contribution in [3.63, 3.8) is 0 Å². The van der Waals surface area contributed by atoms with Crippen LogP contribution in [0.25, 0.3) is 6.08 Å². The number of hydrogen-bond donors (Lipinski definition) is 0. The molecule has 0 spiro atoms. The second kappa shape index (κ2) is 4.57. The average Bonchev–Trinajstić information content (AvgIpc) is 2.59. The molecule has 0 saturated carbocycles. The second-order valence-corrected chi connectivity index (χ2v) is 2.82. The number of rotatable bonds is 3. The van der Waals surface area contributed by atoms with Gasteiger partial charge in [0.25, 0.3) is 5.91 Å². The molecule has 0 N–H and O–H groups in total. The number of aromatic nitrogens is 2. The lowest BCUT2D eigenvalue weighted by Gasteiger charge is -2.09. The second-order valence-electron chi connectivity index (χ2n) is 2.82. The monoisotopic (exact) mass is 195 g/mol. The number of amides is 1. The highest BCUT2D eigenvalue weighted by Gasteiger charge is 2.02. The van der Waals surface area contributed by atoms with Gasteiger partial charge in [-0.05, 0) is 6.08 Å². The van der Waals surface area contributed by atoms with E-state index >= 15 is 0 Å². The number of nitrogens with zero attached hydrogens (tertiary/aromatic N) is 3. The summed E-state index contributed by atoms with van der Waals surface area (Å²) in [4.78, 5) is 20.0. The van der Waals surface area contributed by atoms with E-state index < -0.39 is 0 Å². The Balaban J connectivity index is 2.60. The van der Waals surface area contributed by atoms with Crippen molar-refractivity contribution in [2.75, 3.05) is 14.2 Å². The summed E-state index contributed by atoms with van der Waals surface area (Å²) in [5, 5.41) is 1.14. The summed E-state index contributed by atoms with van der Waals surface area (Å²) in [5.41, 5.74) is 0.741. The van der Waals surface area contributed by atoms with Gasteiger partial charge in [0.2, 0.25) is 0 Å². The topological polar surface area (TPSA) is 47.4 Å². The molecular weight excluding hydrogens is 182 g/mol. The van der Waals surface area contributed by atoms with E-state index in [-0.39, 0.29) is 5.91 Å². The summed E-state index contributed by atoms with van der Waals surface area (Å²) in [6.45, 7) is 0. The largest absolute Gasteiger partial charge is 0.340 e. The molecule has 0 aliphatic heterocycles. The van der Waals surface area contributed by atoms with Crippen LogP contribution in [0.4, 0.5) is 0 Å². The molecule has 1 aromatic heterocycles. The van der Waals surface area contributed by atoms with Gasteiger partial charge in [0.1, 0.15) is 0 Å². The van der Waals surface area contributed by atoms with Crippen LogP contribution >= 0.6 is 0 Å². The van der Waals surface area contributed by atoms with Gasteiger partial charge in [-0.1, -0.05) is 0 Å². The molecular formula is C9H13N3O2. The van der Waals surface area contributed by atoms with Gasteiger partial charge >= 0.3 is 0 Å². The van der Waals surface area contributed by atoms with E-state index in [2.05, 4.69) is 4.98 Å². The Morgan fingerprint density at radius 2 is 2.43 bits per heavy atom. The summed E-state index contributed by atoms with van der Waals surface area (Å²) >= 11 is 0.